The molecule has 2 aromatic carbocycles. The van der Waals surface area contributed by atoms with E-state index in [9.17, 15) is 18.8 Å². The first kappa shape index (κ1) is 27.3. The quantitative estimate of drug-likeness (QED) is 0.306. The zero-order valence-corrected chi connectivity index (χ0v) is 22.5. The molecule has 0 spiro atoms. The molecule has 0 bridgehead atoms. The monoisotopic (exact) mass is 569 g/mol. The molecule has 0 radical (unpaired) electrons. The molecule has 3 heterocycles. The summed E-state index contributed by atoms with van der Waals surface area (Å²) in [7, 11) is 1.12. The Morgan fingerprint density at radius 3 is 2.65 bits per heavy atom. The fourth-order valence-electron chi connectivity index (χ4n) is 4.79. The molecule has 9 nitrogen and oxygen atoms in total. The van der Waals surface area contributed by atoms with Crippen LogP contribution in [0, 0.1) is 11.6 Å². The third-order valence-electron chi connectivity index (χ3n) is 6.79. The molecule has 12 heteroatoms. The number of hydrogen-bond acceptors (Lipinski definition) is 8. The van der Waals surface area contributed by atoms with Gasteiger partial charge in [-0.15, -0.1) is 11.8 Å². The fraction of sp³-hybridized carbons (Fsp3) is 0.250. The third kappa shape index (κ3) is 4.68. The van der Waals surface area contributed by atoms with Crippen LogP contribution in [-0.2, 0) is 15.2 Å². The van der Waals surface area contributed by atoms with Crippen molar-refractivity contribution < 1.29 is 32.6 Å². The summed E-state index contributed by atoms with van der Waals surface area (Å²) in [6, 6.07) is 10.6. The Hall–Kier alpha value is -4.32. The lowest BCUT2D eigenvalue weighted by Gasteiger charge is -2.44. The van der Waals surface area contributed by atoms with Crippen molar-refractivity contribution in [2.24, 2.45) is 0 Å². The number of benzene rings is 2. The van der Waals surface area contributed by atoms with Gasteiger partial charge in [-0.2, -0.15) is 0 Å². The number of pyridine rings is 1. The molecular weight excluding hydrogens is 544 g/mol. The predicted octanol–water partition coefficient (Wildman–Crippen LogP) is 4.92. The molecular formula is C28H25F2N3O6S. The van der Waals surface area contributed by atoms with E-state index in [0.29, 0.717) is 17.7 Å². The number of carbonyl (C=O) groups is 2. The van der Waals surface area contributed by atoms with Crippen molar-refractivity contribution in [2.75, 3.05) is 25.6 Å². The lowest BCUT2D eigenvalue weighted by molar-refractivity contribution is 0.0135. The van der Waals surface area contributed by atoms with Gasteiger partial charge < -0.3 is 14.2 Å². The molecule has 1 amide bonds. The number of fused-ring (bicyclic) bond motifs is 3. The molecule has 0 fully saturated rings. The maximum absolute atomic E-state index is 15.2. The molecule has 0 unspecified atom stereocenters. The minimum Gasteiger partial charge on any atom is -0.451 e. The van der Waals surface area contributed by atoms with Gasteiger partial charge in [0, 0.05) is 34.2 Å². The van der Waals surface area contributed by atoms with E-state index >= 15 is 4.39 Å². The van der Waals surface area contributed by atoms with Gasteiger partial charge in [-0.25, -0.2) is 13.6 Å². The summed E-state index contributed by atoms with van der Waals surface area (Å²) in [4.78, 5) is 40.4. The van der Waals surface area contributed by atoms with Gasteiger partial charge in [0.25, 0.3) is 5.91 Å². The molecule has 0 saturated heterocycles. The van der Waals surface area contributed by atoms with Crippen LogP contribution in [0.1, 0.15) is 46.6 Å². The first-order chi connectivity index (χ1) is 19.3. The van der Waals surface area contributed by atoms with Crippen LogP contribution < -0.4 is 15.2 Å². The minimum absolute atomic E-state index is 0.0123. The average molecular weight is 570 g/mol. The number of hydrogen-bond donors (Lipinski definition) is 0. The highest BCUT2D eigenvalue weighted by Gasteiger charge is 2.40. The van der Waals surface area contributed by atoms with Gasteiger partial charge in [-0.05, 0) is 29.7 Å². The Morgan fingerprint density at radius 2 is 1.90 bits per heavy atom. The molecule has 3 aromatic rings. The van der Waals surface area contributed by atoms with Crippen molar-refractivity contribution in [3.63, 3.8) is 0 Å². The number of methoxy groups -OCH3 is 1. The van der Waals surface area contributed by atoms with Crippen molar-refractivity contribution in [3.8, 4) is 5.75 Å². The molecule has 208 valence electrons. The van der Waals surface area contributed by atoms with E-state index in [1.165, 1.54) is 33.6 Å². The average Bonchev–Trinajstić information content (AvgIpc) is 3.13. The molecule has 2 aliphatic heterocycles. The number of halogens is 2. The summed E-state index contributed by atoms with van der Waals surface area (Å²) < 4.78 is 45.7. The molecule has 1 aromatic heterocycles. The molecule has 0 N–H and O–H groups in total. The van der Waals surface area contributed by atoms with E-state index in [4.69, 9.17) is 9.47 Å². The second-order valence-electron chi connectivity index (χ2n) is 8.95. The van der Waals surface area contributed by atoms with Crippen LogP contribution in [0.5, 0.6) is 5.75 Å². The topological polar surface area (TPSA) is 90.3 Å². The van der Waals surface area contributed by atoms with Gasteiger partial charge in [-0.1, -0.05) is 37.8 Å². The highest BCUT2D eigenvalue weighted by molar-refractivity contribution is 7.98. The maximum Gasteiger partial charge on any atom is 0.510 e. The highest BCUT2D eigenvalue weighted by atomic mass is 32.2. The zero-order chi connectivity index (χ0) is 28.6. The van der Waals surface area contributed by atoms with Crippen LogP contribution in [0.15, 0.2) is 70.6 Å². The van der Waals surface area contributed by atoms with Crippen LogP contribution in [0.4, 0.5) is 13.6 Å². The van der Waals surface area contributed by atoms with E-state index in [0.717, 1.165) is 23.6 Å². The summed E-state index contributed by atoms with van der Waals surface area (Å²) in [6.45, 7) is 5.17. The summed E-state index contributed by atoms with van der Waals surface area (Å²) in [5, 5.41) is 1.77. The third-order valence-corrected chi connectivity index (χ3v) is 7.91. The van der Waals surface area contributed by atoms with E-state index in [2.05, 4.69) is 11.3 Å². The number of rotatable bonds is 6. The maximum atomic E-state index is 15.2. The van der Waals surface area contributed by atoms with E-state index in [-0.39, 0.29) is 29.4 Å². The van der Waals surface area contributed by atoms with Crippen molar-refractivity contribution in [3.05, 3.63) is 105 Å². The van der Waals surface area contributed by atoms with Gasteiger partial charge in [-0.3, -0.25) is 24.2 Å². The Kier molecular flexibility index (Phi) is 7.53. The van der Waals surface area contributed by atoms with Crippen LogP contribution in [0.2, 0.25) is 0 Å². The number of allylic oxidation sites excluding steroid dienone is 1. The first-order valence-electron chi connectivity index (χ1n) is 12.3. The van der Waals surface area contributed by atoms with Crippen LogP contribution in [0.3, 0.4) is 0 Å². The van der Waals surface area contributed by atoms with Crippen molar-refractivity contribution in [1.29, 1.82) is 0 Å². The number of nitrogens with zero attached hydrogens (tertiary/aromatic N) is 3. The van der Waals surface area contributed by atoms with Gasteiger partial charge in [0.15, 0.2) is 17.3 Å². The Bertz CT molecular complexity index is 1580. The number of ether oxygens (including phenoxy) is 3. The number of carbonyl (C=O) groups excluding carboxylic acids is 2. The summed E-state index contributed by atoms with van der Waals surface area (Å²) in [6.07, 6.45) is 0.819. The van der Waals surface area contributed by atoms with E-state index in [1.54, 1.807) is 11.1 Å². The van der Waals surface area contributed by atoms with Crippen LogP contribution in [-0.4, -0.2) is 42.2 Å². The molecule has 1 atom stereocenters. The number of amides is 1. The Labute approximate surface area is 232 Å². The van der Waals surface area contributed by atoms with E-state index in [1.807, 2.05) is 31.2 Å². The molecule has 40 heavy (non-hydrogen) atoms. The summed E-state index contributed by atoms with van der Waals surface area (Å²) in [5.41, 5.74) is 1.22. The second kappa shape index (κ2) is 11.0. The largest absolute Gasteiger partial charge is 0.510 e. The molecule has 5 rings (SSSR count). The van der Waals surface area contributed by atoms with Crippen molar-refractivity contribution in [1.82, 2.24) is 9.58 Å². The first-order valence-corrected chi connectivity index (χ1v) is 13.3. The predicted molar refractivity (Wildman–Crippen MR) is 143 cm³/mol. The summed E-state index contributed by atoms with van der Waals surface area (Å²) in [5.74, 6) is -2.60. The lowest BCUT2D eigenvalue weighted by atomic mass is 9.93. The Morgan fingerprint density at radius 1 is 1.12 bits per heavy atom. The van der Waals surface area contributed by atoms with Crippen molar-refractivity contribution >= 4 is 23.8 Å². The lowest BCUT2D eigenvalue weighted by Crippen LogP contribution is -2.55. The van der Waals surface area contributed by atoms with Crippen LogP contribution in [0.25, 0.3) is 0 Å². The van der Waals surface area contributed by atoms with Gasteiger partial charge in [0.2, 0.25) is 18.0 Å². The normalized spacial score (nSPS) is 15.9. The van der Waals surface area contributed by atoms with Crippen molar-refractivity contribution in [2.45, 2.75) is 30.0 Å². The number of thioether (sulfide) groups is 1. The number of aromatic nitrogens is 1. The van der Waals surface area contributed by atoms with Gasteiger partial charge in [0.05, 0.1) is 13.2 Å². The van der Waals surface area contributed by atoms with Gasteiger partial charge in [0.1, 0.15) is 6.67 Å². The zero-order valence-electron chi connectivity index (χ0n) is 21.7. The molecule has 0 aliphatic carbocycles. The fourth-order valence-corrected chi connectivity index (χ4v) is 5.90. The van der Waals surface area contributed by atoms with E-state index < -0.39 is 42.0 Å². The summed E-state index contributed by atoms with van der Waals surface area (Å²) >= 11 is 1.38. The second-order valence-corrected chi connectivity index (χ2v) is 9.97. The standard InChI is InChI=1S/C28H25F2N3O6S/c1-4-16(2)31-14-33(32-12-11-21(34)26(25(32)27(31)35)38-15-39-28(36)37-3)24-17-9-10-20(29)23(30)19(17)13-40-22-8-6-5-7-18(22)24/h5-12,24H,2,4,13-15H2,1,3H3/t24-/m0/s1. The SMILES string of the molecule is C=C(CC)N1CN([C@@H]2c3ccccc3SCc3c2ccc(F)c3F)n2ccc(=O)c(OCOC(=O)OC)c2C1=O. The highest BCUT2D eigenvalue weighted by Crippen LogP contribution is 2.44. The smallest absolute Gasteiger partial charge is 0.451 e. The van der Waals surface area contributed by atoms with Gasteiger partial charge >= 0.3 is 6.16 Å². The Balaban J connectivity index is 1.73. The molecule has 2 aliphatic rings. The van der Waals surface area contributed by atoms with Crippen LogP contribution >= 0.6 is 11.8 Å². The minimum atomic E-state index is -1.03. The molecule has 0 saturated carbocycles.